The lowest BCUT2D eigenvalue weighted by Crippen LogP contribution is -2.38. The maximum absolute atomic E-state index is 12.4. The van der Waals surface area contributed by atoms with Crippen LogP contribution >= 0.6 is 15.9 Å². The Morgan fingerprint density at radius 1 is 1.35 bits per heavy atom. The Hall–Kier alpha value is -1.27. The van der Waals surface area contributed by atoms with Crippen LogP contribution in [0.4, 0.5) is 0 Å². The predicted octanol–water partition coefficient (Wildman–Crippen LogP) is 3.28. The fourth-order valence-corrected chi connectivity index (χ4v) is 3.24. The highest BCUT2D eigenvalue weighted by atomic mass is 79.9. The number of methoxy groups -OCH3 is 1. The van der Waals surface area contributed by atoms with Crippen LogP contribution in [0, 0.1) is 0 Å². The lowest BCUT2D eigenvalue weighted by Gasteiger charge is -2.26. The SMILES string of the molecule is CCCOc1c(Br)cc(C(=O)NC2CCC(O)CC2)cc1OC. The number of carbonyl (C=O) groups excluding carboxylic acids is 1. The van der Waals surface area contributed by atoms with Gasteiger partial charge in [-0.2, -0.15) is 0 Å². The van der Waals surface area contributed by atoms with Crippen molar-refractivity contribution < 1.29 is 19.4 Å². The van der Waals surface area contributed by atoms with E-state index in [0.717, 1.165) is 32.1 Å². The number of benzene rings is 1. The monoisotopic (exact) mass is 385 g/mol. The molecule has 0 spiro atoms. The number of halogens is 1. The van der Waals surface area contributed by atoms with E-state index in [1.807, 2.05) is 6.92 Å². The molecule has 1 fully saturated rings. The topological polar surface area (TPSA) is 67.8 Å². The summed E-state index contributed by atoms with van der Waals surface area (Å²) in [7, 11) is 1.56. The third kappa shape index (κ3) is 4.85. The zero-order chi connectivity index (χ0) is 16.8. The summed E-state index contributed by atoms with van der Waals surface area (Å²) < 4.78 is 11.7. The highest BCUT2D eigenvalue weighted by Crippen LogP contribution is 2.36. The van der Waals surface area contributed by atoms with Crippen molar-refractivity contribution in [3.8, 4) is 11.5 Å². The molecule has 1 aliphatic rings. The Balaban J connectivity index is 2.09. The van der Waals surface area contributed by atoms with E-state index in [1.54, 1.807) is 19.2 Å². The van der Waals surface area contributed by atoms with E-state index in [2.05, 4.69) is 21.2 Å². The van der Waals surface area contributed by atoms with Crippen molar-refractivity contribution in [1.29, 1.82) is 0 Å². The molecule has 0 saturated heterocycles. The first kappa shape index (κ1) is 18.1. The molecule has 23 heavy (non-hydrogen) atoms. The number of carbonyl (C=O) groups is 1. The number of aliphatic hydroxyl groups is 1. The molecule has 1 saturated carbocycles. The molecule has 0 bridgehead atoms. The summed E-state index contributed by atoms with van der Waals surface area (Å²) in [6.45, 7) is 2.62. The molecule has 0 radical (unpaired) electrons. The second kappa shape index (κ2) is 8.55. The molecule has 128 valence electrons. The van der Waals surface area contributed by atoms with Crippen LogP contribution in [0.3, 0.4) is 0 Å². The minimum Gasteiger partial charge on any atom is -0.493 e. The minimum atomic E-state index is -0.229. The molecule has 2 N–H and O–H groups in total. The summed E-state index contributed by atoms with van der Waals surface area (Å²) in [5.74, 6) is 1.02. The van der Waals surface area contributed by atoms with E-state index in [-0.39, 0.29) is 18.1 Å². The van der Waals surface area contributed by atoms with Gasteiger partial charge in [0.05, 0.1) is 24.3 Å². The maximum Gasteiger partial charge on any atom is 0.251 e. The van der Waals surface area contributed by atoms with E-state index in [4.69, 9.17) is 9.47 Å². The van der Waals surface area contributed by atoms with Gasteiger partial charge in [0.25, 0.3) is 5.91 Å². The molecule has 1 aromatic rings. The Kier molecular flexibility index (Phi) is 6.72. The molecule has 1 amide bonds. The average Bonchev–Trinajstić information content (AvgIpc) is 2.55. The standard InChI is InChI=1S/C17H24BrNO4/c1-3-8-23-16-14(18)9-11(10-15(16)22-2)17(21)19-12-4-6-13(20)7-5-12/h9-10,12-13,20H,3-8H2,1-2H3,(H,19,21). The van der Waals surface area contributed by atoms with E-state index in [9.17, 15) is 9.90 Å². The zero-order valence-electron chi connectivity index (χ0n) is 13.6. The largest absolute Gasteiger partial charge is 0.493 e. The Morgan fingerprint density at radius 2 is 2.04 bits per heavy atom. The smallest absolute Gasteiger partial charge is 0.251 e. The number of hydrogen-bond donors (Lipinski definition) is 2. The van der Waals surface area contributed by atoms with E-state index >= 15 is 0 Å². The van der Waals surface area contributed by atoms with Gasteiger partial charge in [0, 0.05) is 11.6 Å². The molecule has 0 heterocycles. The molecule has 0 aliphatic heterocycles. The van der Waals surface area contributed by atoms with Crippen LogP contribution in [0.5, 0.6) is 11.5 Å². The first-order valence-corrected chi connectivity index (χ1v) is 8.83. The number of nitrogens with one attached hydrogen (secondary N) is 1. The highest BCUT2D eigenvalue weighted by Gasteiger charge is 2.22. The lowest BCUT2D eigenvalue weighted by atomic mass is 9.93. The van der Waals surface area contributed by atoms with Crippen LogP contribution in [0.2, 0.25) is 0 Å². The van der Waals surface area contributed by atoms with Crippen molar-refractivity contribution in [3.05, 3.63) is 22.2 Å². The molecule has 2 rings (SSSR count). The zero-order valence-corrected chi connectivity index (χ0v) is 15.2. The number of ether oxygens (including phenoxy) is 2. The van der Waals surface area contributed by atoms with Gasteiger partial charge in [-0.3, -0.25) is 4.79 Å². The van der Waals surface area contributed by atoms with Crippen LogP contribution in [0.15, 0.2) is 16.6 Å². The average molecular weight is 386 g/mol. The Bertz CT molecular complexity index is 542. The predicted molar refractivity (Wildman–Crippen MR) is 92.2 cm³/mol. The third-order valence-electron chi connectivity index (χ3n) is 3.97. The van der Waals surface area contributed by atoms with Gasteiger partial charge in [-0.25, -0.2) is 0 Å². The third-order valence-corrected chi connectivity index (χ3v) is 4.56. The number of rotatable bonds is 6. The summed E-state index contributed by atoms with van der Waals surface area (Å²) in [5, 5.41) is 12.6. The molecule has 0 aromatic heterocycles. The fourth-order valence-electron chi connectivity index (χ4n) is 2.68. The number of aliphatic hydroxyl groups excluding tert-OH is 1. The number of amides is 1. The highest BCUT2D eigenvalue weighted by molar-refractivity contribution is 9.10. The molecule has 1 aromatic carbocycles. The van der Waals surface area contributed by atoms with E-state index < -0.39 is 0 Å². The summed E-state index contributed by atoms with van der Waals surface area (Å²) in [5.41, 5.74) is 0.531. The van der Waals surface area contributed by atoms with Gasteiger partial charge in [0.2, 0.25) is 0 Å². The second-order valence-corrected chi connectivity index (χ2v) is 6.67. The number of hydrogen-bond acceptors (Lipinski definition) is 4. The first-order chi connectivity index (χ1) is 11.0. The van der Waals surface area contributed by atoms with E-state index in [0.29, 0.717) is 28.1 Å². The van der Waals surface area contributed by atoms with Crippen molar-refractivity contribution in [2.45, 2.75) is 51.2 Å². The fraction of sp³-hybridized carbons (Fsp3) is 0.588. The van der Waals surface area contributed by atoms with Crippen LogP contribution < -0.4 is 14.8 Å². The minimum absolute atomic E-state index is 0.117. The van der Waals surface area contributed by atoms with Gasteiger partial charge in [0.15, 0.2) is 11.5 Å². The van der Waals surface area contributed by atoms with Gasteiger partial charge in [-0.1, -0.05) is 6.92 Å². The Morgan fingerprint density at radius 3 is 2.65 bits per heavy atom. The normalized spacial score (nSPS) is 20.9. The molecule has 0 atom stereocenters. The lowest BCUT2D eigenvalue weighted by molar-refractivity contribution is 0.0867. The summed E-state index contributed by atoms with van der Waals surface area (Å²) in [4.78, 5) is 12.4. The quantitative estimate of drug-likeness (QED) is 0.788. The summed E-state index contributed by atoms with van der Waals surface area (Å²) in [6.07, 6.45) is 3.76. The Labute approximate surface area is 145 Å². The van der Waals surface area contributed by atoms with Gasteiger partial charge in [-0.15, -0.1) is 0 Å². The van der Waals surface area contributed by atoms with Crippen LogP contribution in [0.25, 0.3) is 0 Å². The van der Waals surface area contributed by atoms with Crippen molar-refractivity contribution in [1.82, 2.24) is 5.32 Å². The van der Waals surface area contributed by atoms with Crippen LogP contribution in [-0.4, -0.2) is 36.9 Å². The first-order valence-electron chi connectivity index (χ1n) is 8.04. The molecule has 5 nitrogen and oxygen atoms in total. The molecule has 6 heteroatoms. The van der Waals surface area contributed by atoms with Crippen molar-refractivity contribution in [2.24, 2.45) is 0 Å². The molecule has 1 aliphatic carbocycles. The van der Waals surface area contributed by atoms with Crippen molar-refractivity contribution in [2.75, 3.05) is 13.7 Å². The van der Waals surface area contributed by atoms with Crippen molar-refractivity contribution >= 4 is 21.8 Å². The van der Waals surface area contributed by atoms with Crippen molar-refractivity contribution in [3.63, 3.8) is 0 Å². The van der Waals surface area contributed by atoms with Gasteiger partial charge < -0.3 is 19.9 Å². The van der Waals surface area contributed by atoms with Crippen LogP contribution in [0.1, 0.15) is 49.4 Å². The van der Waals surface area contributed by atoms with Crippen LogP contribution in [-0.2, 0) is 0 Å². The molecular formula is C17H24BrNO4. The second-order valence-electron chi connectivity index (χ2n) is 5.82. The summed E-state index contributed by atoms with van der Waals surface area (Å²) >= 11 is 3.45. The molecule has 0 unspecified atom stereocenters. The maximum atomic E-state index is 12.4. The summed E-state index contributed by atoms with van der Waals surface area (Å²) in [6, 6.07) is 3.57. The molecular weight excluding hydrogens is 362 g/mol. The van der Waals surface area contributed by atoms with Gasteiger partial charge >= 0.3 is 0 Å². The van der Waals surface area contributed by atoms with E-state index in [1.165, 1.54) is 0 Å². The van der Waals surface area contributed by atoms with Gasteiger partial charge in [0.1, 0.15) is 0 Å². The van der Waals surface area contributed by atoms with Gasteiger partial charge in [-0.05, 0) is 60.2 Å².